The van der Waals surface area contributed by atoms with Crippen molar-refractivity contribution >= 4 is 23.5 Å². The third kappa shape index (κ3) is 4.66. The molecule has 23 heavy (non-hydrogen) atoms. The number of primary amides is 1. The molecule has 1 aliphatic heterocycles. The van der Waals surface area contributed by atoms with Gasteiger partial charge in [0, 0.05) is 31.1 Å². The van der Waals surface area contributed by atoms with Gasteiger partial charge in [-0.3, -0.25) is 0 Å². The lowest BCUT2D eigenvalue weighted by Gasteiger charge is -2.35. The van der Waals surface area contributed by atoms with Crippen LogP contribution in [0.15, 0.2) is 17.0 Å². The first-order valence-electron chi connectivity index (χ1n) is 6.96. The first kappa shape index (κ1) is 17.7. The average molecular weight is 351 g/mol. The smallest absolute Gasteiger partial charge is 0.366 e. The molecule has 0 unspecified atom stereocenters. The van der Waals surface area contributed by atoms with Crippen LogP contribution in [0.2, 0.25) is 0 Å². The first-order chi connectivity index (χ1) is 10.7. The Balaban J connectivity index is 2.14. The molecule has 1 aliphatic rings. The molecule has 0 saturated carbocycles. The number of halogens is 4. The second-order valence-corrected chi connectivity index (χ2v) is 6.30. The Bertz CT molecular complexity index is 586. The van der Waals surface area contributed by atoms with Gasteiger partial charge < -0.3 is 15.5 Å². The van der Waals surface area contributed by atoms with Gasteiger partial charge in [-0.2, -0.15) is 13.2 Å². The number of aryl methyl sites for hydroxylation is 1. The van der Waals surface area contributed by atoms with Crippen LogP contribution in [0, 0.1) is 12.7 Å². The van der Waals surface area contributed by atoms with E-state index >= 15 is 0 Å². The first-order valence-corrected chi connectivity index (χ1v) is 7.95. The highest BCUT2D eigenvalue weighted by Gasteiger charge is 2.28. The van der Waals surface area contributed by atoms with Crippen LogP contribution in [-0.4, -0.2) is 49.0 Å². The topological polar surface area (TPSA) is 49.6 Å². The fourth-order valence-corrected chi connectivity index (χ4v) is 3.17. The van der Waals surface area contributed by atoms with E-state index in [1.807, 2.05) is 0 Å². The zero-order valence-electron chi connectivity index (χ0n) is 12.5. The predicted molar refractivity (Wildman–Crippen MR) is 81.3 cm³/mol. The number of nitrogens with two attached hydrogens (primary N) is 1. The third-order valence-electron chi connectivity index (χ3n) is 3.57. The molecule has 0 spiro atoms. The van der Waals surface area contributed by atoms with Crippen LogP contribution in [0.25, 0.3) is 0 Å². The summed E-state index contributed by atoms with van der Waals surface area (Å²) in [5, 5.41) is 0. The maximum absolute atomic E-state index is 14.2. The second-order valence-electron chi connectivity index (χ2n) is 5.29. The number of piperazine rings is 1. The van der Waals surface area contributed by atoms with Crippen LogP contribution in [0.4, 0.5) is 28.0 Å². The van der Waals surface area contributed by atoms with E-state index < -0.39 is 23.8 Å². The summed E-state index contributed by atoms with van der Waals surface area (Å²) in [6.45, 7) is 3.05. The van der Waals surface area contributed by atoms with Crippen molar-refractivity contribution in [3.63, 3.8) is 0 Å². The van der Waals surface area contributed by atoms with E-state index in [0.29, 0.717) is 48.4 Å². The minimum Gasteiger partial charge on any atom is -0.366 e. The number of carbonyl (C=O) groups excluding carboxylic acids is 1. The van der Waals surface area contributed by atoms with Crippen molar-refractivity contribution in [2.45, 2.75) is 18.0 Å². The van der Waals surface area contributed by atoms with Crippen molar-refractivity contribution in [3.05, 3.63) is 23.5 Å². The summed E-state index contributed by atoms with van der Waals surface area (Å²) in [5.74, 6) is -1.50. The molecule has 1 aromatic carbocycles. The molecule has 1 saturated heterocycles. The predicted octanol–water partition coefficient (Wildman–Crippen LogP) is 2.99. The molecule has 0 aliphatic carbocycles. The lowest BCUT2D eigenvalue weighted by molar-refractivity contribution is -0.105. The van der Waals surface area contributed by atoms with Crippen molar-refractivity contribution in [2.75, 3.05) is 36.8 Å². The number of benzene rings is 1. The number of alkyl halides is 3. The Labute approximate surface area is 135 Å². The lowest BCUT2D eigenvalue weighted by Crippen LogP contribution is -2.50. The van der Waals surface area contributed by atoms with E-state index in [2.05, 4.69) is 0 Å². The molecule has 2 amide bonds. The Hall–Kier alpha value is -1.64. The number of urea groups is 1. The van der Waals surface area contributed by atoms with Gasteiger partial charge >= 0.3 is 12.2 Å². The van der Waals surface area contributed by atoms with Crippen LogP contribution in [0.3, 0.4) is 0 Å². The zero-order valence-corrected chi connectivity index (χ0v) is 13.3. The Kier molecular flexibility index (Phi) is 5.28. The van der Waals surface area contributed by atoms with E-state index in [4.69, 9.17) is 5.73 Å². The summed E-state index contributed by atoms with van der Waals surface area (Å²) in [6.07, 6.45) is -4.28. The maximum Gasteiger partial charge on any atom is 0.398 e. The zero-order chi connectivity index (χ0) is 17.2. The Morgan fingerprint density at radius 3 is 2.39 bits per heavy atom. The van der Waals surface area contributed by atoms with Crippen LogP contribution >= 0.6 is 11.8 Å². The average Bonchev–Trinajstić information content (AvgIpc) is 2.45. The highest BCUT2D eigenvalue weighted by atomic mass is 32.2. The van der Waals surface area contributed by atoms with Gasteiger partial charge in [0.05, 0.1) is 11.4 Å². The summed E-state index contributed by atoms with van der Waals surface area (Å²) in [7, 11) is 0. The number of anilines is 1. The van der Waals surface area contributed by atoms with E-state index in [1.54, 1.807) is 11.8 Å². The molecular formula is C14H17F4N3OS. The van der Waals surface area contributed by atoms with E-state index in [-0.39, 0.29) is 5.69 Å². The molecule has 2 rings (SSSR count). The summed E-state index contributed by atoms with van der Waals surface area (Å²) in [6, 6.07) is 2.16. The van der Waals surface area contributed by atoms with E-state index in [1.165, 1.54) is 17.0 Å². The van der Waals surface area contributed by atoms with Gasteiger partial charge in [-0.15, -0.1) is 11.8 Å². The lowest BCUT2D eigenvalue weighted by atomic mass is 10.2. The van der Waals surface area contributed by atoms with Crippen molar-refractivity contribution in [1.29, 1.82) is 0 Å². The van der Waals surface area contributed by atoms with Crippen LogP contribution < -0.4 is 10.6 Å². The molecular weight excluding hydrogens is 334 g/mol. The van der Waals surface area contributed by atoms with Gasteiger partial charge in [-0.05, 0) is 24.6 Å². The number of hydrogen-bond acceptors (Lipinski definition) is 3. The highest BCUT2D eigenvalue weighted by Crippen LogP contribution is 2.34. The molecule has 2 N–H and O–H groups in total. The SMILES string of the molecule is Cc1cc(F)c(N2CCN(C(N)=O)CC2)cc1SCC(F)(F)F. The minimum absolute atomic E-state index is 0.254. The van der Waals surface area contributed by atoms with Gasteiger partial charge in [-0.1, -0.05) is 0 Å². The van der Waals surface area contributed by atoms with Crippen molar-refractivity contribution in [2.24, 2.45) is 5.73 Å². The molecule has 1 heterocycles. The molecule has 4 nitrogen and oxygen atoms in total. The molecule has 0 bridgehead atoms. The summed E-state index contributed by atoms with van der Waals surface area (Å²) in [4.78, 5) is 14.6. The van der Waals surface area contributed by atoms with Crippen molar-refractivity contribution in [3.8, 4) is 0 Å². The monoisotopic (exact) mass is 351 g/mol. The number of amides is 2. The Morgan fingerprint density at radius 2 is 1.87 bits per heavy atom. The van der Waals surface area contributed by atoms with Crippen molar-refractivity contribution in [1.82, 2.24) is 4.90 Å². The fraction of sp³-hybridized carbons (Fsp3) is 0.500. The highest BCUT2D eigenvalue weighted by molar-refractivity contribution is 7.99. The standard InChI is InChI=1S/C14H17F4N3OS/c1-9-6-10(15)11(7-12(9)23-8-14(16,17)18)20-2-4-21(5-3-20)13(19)22/h6-7H,2-5,8H2,1H3,(H2,19,22). The van der Waals surface area contributed by atoms with Crippen LogP contribution in [-0.2, 0) is 0 Å². The summed E-state index contributed by atoms with van der Waals surface area (Å²) < 4.78 is 51.3. The number of thioether (sulfide) groups is 1. The van der Waals surface area contributed by atoms with E-state index in [0.717, 1.165) is 0 Å². The maximum atomic E-state index is 14.2. The number of hydrogen-bond donors (Lipinski definition) is 1. The summed E-state index contributed by atoms with van der Waals surface area (Å²) in [5.41, 5.74) is 5.91. The normalized spacial score (nSPS) is 15.9. The fourth-order valence-electron chi connectivity index (χ4n) is 2.37. The molecule has 1 fully saturated rings. The van der Waals surface area contributed by atoms with E-state index in [9.17, 15) is 22.4 Å². The molecule has 128 valence electrons. The van der Waals surface area contributed by atoms with Crippen molar-refractivity contribution < 1.29 is 22.4 Å². The summed E-state index contributed by atoms with van der Waals surface area (Å²) >= 11 is 0.643. The second kappa shape index (κ2) is 6.86. The molecule has 0 radical (unpaired) electrons. The van der Waals surface area contributed by atoms with Crippen LogP contribution in [0.1, 0.15) is 5.56 Å². The largest absolute Gasteiger partial charge is 0.398 e. The molecule has 9 heteroatoms. The van der Waals surface area contributed by atoms with Gasteiger partial charge in [0.15, 0.2) is 0 Å². The van der Waals surface area contributed by atoms with Gasteiger partial charge in [-0.25, -0.2) is 9.18 Å². The number of rotatable bonds is 3. The number of carbonyl (C=O) groups is 1. The molecule has 0 atom stereocenters. The van der Waals surface area contributed by atoms with Gasteiger partial charge in [0.2, 0.25) is 0 Å². The molecule has 1 aromatic rings. The quantitative estimate of drug-likeness (QED) is 0.673. The number of nitrogens with zero attached hydrogens (tertiary/aromatic N) is 2. The Morgan fingerprint density at radius 1 is 1.26 bits per heavy atom. The van der Waals surface area contributed by atoms with Crippen LogP contribution in [0.5, 0.6) is 0 Å². The van der Waals surface area contributed by atoms with Gasteiger partial charge in [0.1, 0.15) is 5.82 Å². The molecule has 0 aromatic heterocycles. The minimum atomic E-state index is -4.28. The third-order valence-corrected chi connectivity index (χ3v) is 4.79. The van der Waals surface area contributed by atoms with Gasteiger partial charge in [0.25, 0.3) is 0 Å².